The lowest BCUT2D eigenvalue weighted by atomic mass is 9.70. The number of aliphatic hydroxyl groups excluding tert-OH is 1. The van der Waals surface area contributed by atoms with Crippen LogP contribution in [0.1, 0.15) is 23.6 Å². The summed E-state index contributed by atoms with van der Waals surface area (Å²) in [6.07, 6.45) is 0.128. The Kier molecular flexibility index (Phi) is 4.05. The van der Waals surface area contributed by atoms with Gasteiger partial charge in [0.15, 0.2) is 0 Å². The van der Waals surface area contributed by atoms with Crippen molar-refractivity contribution in [2.24, 2.45) is 0 Å². The lowest BCUT2D eigenvalue weighted by molar-refractivity contribution is -0.150. The fourth-order valence-electron chi connectivity index (χ4n) is 4.65. The van der Waals surface area contributed by atoms with Gasteiger partial charge in [-0.2, -0.15) is 0 Å². The molecule has 2 aromatic rings. The average molecular weight is 366 g/mol. The molecule has 0 bridgehead atoms. The van der Waals surface area contributed by atoms with Crippen LogP contribution in [0.25, 0.3) is 0 Å². The number of aliphatic hydroxyl groups is 1. The van der Waals surface area contributed by atoms with E-state index in [4.69, 9.17) is 4.74 Å². The van der Waals surface area contributed by atoms with Gasteiger partial charge in [0.1, 0.15) is 5.54 Å². The summed E-state index contributed by atoms with van der Waals surface area (Å²) in [6.45, 7) is -0.454. The number of methoxy groups -OCH3 is 1. The summed E-state index contributed by atoms with van der Waals surface area (Å²) in [5, 5.41) is 13.4. The quantitative estimate of drug-likeness (QED) is 0.806. The number of fused-ring (bicyclic) bond motifs is 2. The first kappa shape index (κ1) is 17.7. The fraction of sp³-hybridized carbons (Fsp3) is 0.333. The number of carbonyl (C=O) groups is 2. The van der Waals surface area contributed by atoms with Crippen molar-refractivity contribution in [3.8, 4) is 0 Å². The van der Waals surface area contributed by atoms with Gasteiger partial charge in [-0.05, 0) is 23.6 Å². The monoisotopic (exact) mass is 366 g/mol. The van der Waals surface area contributed by atoms with E-state index < -0.39 is 29.6 Å². The minimum Gasteiger partial charge on any atom is -0.468 e. The van der Waals surface area contributed by atoms with Crippen LogP contribution < -0.4 is 10.2 Å². The molecular formula is C21H22N2O4. The van der Waals surface area contributed by atoms with Crippen molar-refractivity contribution in [1.29, 1.82) is 0 Å². The molecule has 6 heteroatoms. The maximum Gasteiger partial charge on any atom is 0.328 e. The predicted molar refractivity (Wildman–Crippen MR) is 100 cm³/mol. The zero-order chi connectivity index (χ0) is 19.2. The summed E-state index contributed by atoms with van der Waals surface area (Å²) < 4.78 is 4.98. The molecule has 2 N–H and O–H groups in total. The molecule has 140 valence electrons. The number of hydrogen-bond acceptors (Lipinski definition) is 5. The summed E-state index contributed by atoms with van der Waals surface area (Å²) in [7, 11) is 3.04. The van der Waals surface area contributed by atoms with E-state index in [-0.39, 0.29) is 12.3 Å². The molecule has 6 nitrogen and oxygen atoms in total. The Bertz CT molecular complexity index is 900. The SMILES string of the molecule is COC(=O)C1(CO)C[C@]2(C(=O)N(C)c3ccccc32)[C@H](c2ccccc2)N1. The number of rotatable bonds is 3. The van der Waals surface area contributed by atoms with Gasteiger partial charge in [-0.3, -0.25) is 10.1 Å². The number of likely N-dealkylation sites (N-methyl/N-ethyl adjacent to an activating group) is 1. The van der Waals surface area contributed by atoms with E-state index in [2.05, 4.69) is 5.32 Å². The van der Waals surface area contributed by atoms with Crippen molar-refractivity contribution in [1.82, 2.24) is 5.32 Å². The molecule has 0 aromatic heterocycles. The molecule has 1 amide bonds. The number of ether oxygens (including phenoxy) is 1. The summed E-state index contributed by atoms with van der Waals surface area (Å²) in [5.74, 6) is -0.660. The molecule has 2 aliphatic rings. The van der Waals surface area contributed by atoms with Crippen molar-refractivity contribution >= 4 is 17.6 Å². The minimum absolute atomic E-state index is 0.0933. The first-order chi connectivity index (χ1) is 13.0. The molecule has 1 fully saturated rings. The molecule has 0 radical (unpaired) electrons. The van der Waals surface area contributed by atoms with Crippen molar-refractivity contribution < 1.29 is 19.4 Å². The van der Waals surface area contributed by atoms with Crippen LogP contribution in [0.5, 0.6) is 0 Å². The number of esters is 1. The Morgan fingerprint density at radius 1 is 1.22 bits per heavy atom. The smallest absolute Gasteiger partial charge is 0.328 e. The summed E-state index contributed by atoms with van der Waals surface area (Å²) in [4.78, 5) is 27.8. The Hall–Kier alpha value is -2.70. The Labute approximate surface area is 157 Å². The van der Waals surface area contributed by atoms with Gasteiger partial charge < -0.3 is 14.7 Å². The highest BCUT2D eigenvalue weighted by Crippen LogP contribution is 2.56. The number of hydrogen-bond donors (Lipinski definition) is 2. The number of amides is 1. The van der Waals surface area contributed by atoms with E-state index in [0.717, 1.165) is 16.8 Å². The second-order valence-corrected chi connectivity index (χ2v) is 7.25. The van der Waals surface area contributed by atoms with Gasteiger partial charge in [0.05, 0.1) is 25.2 Å². The zero-order valence-electron chi connectivity index (χ0n) is 15.3. The second kappa shape index (κ2) is 6.18. The van der Waals surface area contributed by atoms with Crippen LogP contribution in [-0.2, 0) is 19.7 Å². The number of nitrogens with zero attached hydrogens (tertiary/aromatic N) is 1. The van der Waals surface area contributed by atoms with Crippen molar-refractivity contribution in [2.45, 2.75) is 23.4 Å². The van der Waals surface area contributed by atoms with Crippen molar-refractivity contribution in [3.05, 3.63) is 65.7 Å². The van der Waals surface area contributed by atoms with E-state index in [1.807, 2.05) is 54.6 Å². The first-order valence-corrected chi connectivity index (χ1v) is 8.90. The highest BCUT2D eigenvalue weighted by Gasteiger charge is 2.66. The Balaban J connectivity index is 1.96. The summed E-state index contributed by atoms with van der Waals surface area (Å²) in [5.41, 5.74) is 0.226. The van der Waals surface area contributed by atoms with E-state index in [1.54, 1.807) is 11.9 Å². The number of nitrogens with one attached hydrogen (secondary N) is 1. The number of carbonyl (C=O) groups excluding carboxylic acids is 2. The van der Waals surface area contributed by atoms with Crippen molar-refractivity contribution in [2.75, 3.05) is 25.7 Å². The fourth-order valence-corrected chi connectivity index (χ4v) is 4.65. The van der Waals surface area contributed by atoms with E-state index in [0.29, 0.717) is 0 Å². The van der Waals surface area contributed by atoms with Gasteiger partial charge >= 0.3 is 5.97 Å². The third-order valence-corrected chi connectivity index (χ3v) is 5.91. The highest BCUT2D eigenvalue weighted by atomic mass is 16.5. The highest BCUT2D eigenvalue weighted by molar-refractivity contribution is 6.09. The zero-order valence-corrected chi connectivity index (χ0v) is 15.3. The largest absolute Gasteiger partial charge is 0.468 e. The lowest BCUT2D eigenvalue weighted by Gasteiger charge is -2.30. The first-order valence-electron chi connectivity index (χ1n) is 8.90. The average Bonchev–Trinajstić information content (AvgIpc) is 3.19. The molecule has 1 spiro atoms. The molecule has 2 aromatic carbocycles. The third kappa shape index (κ3) is 2.27. The van der Waals surface area contributed by atoms with Crippen molar-refractivity contribution in [3.63, 3.8) is 0 Å². The van der Waals surface area contributed by atoms with Crippen LogP contribution in [0.3, 0.4) is 0 Å². The minimum atomic E-state index is -1.34. The molecule has 0 aliphatic carbocycles. The maximum atomic E-state index is 13.5. The Morgan fingerprint density at radius 2 is 1.89 bits per heavy atom. The molecular weight excluding hydrogens is 344 g/mol. The molecule has 1 unspecified atom stereocenters. The normalized spacial score (nSPS) is 29.2. The van der Waals surface area contributed by atoms with Crippen LogP contribution in [0.2, 0.25) is 0 Å². The van der Waals surface area contributed by atoms with Gasteiger partial charge in [-0.1, -0.05) is 48.5 Å². The molecule has 0 saturated carbocycles. The van der Waals surface area contributed by atoms with E-state index in [9.17, 15) is 14.7 Å². The lowest BCUT2D eigenvalue weighted by Crippen LogP contribution is -2.52. The topological polar surface area (TPSA) is 78.9 Å². The van der Waals surface area contributed by atoms with E-state index >= 15 is 0 Å². The predicted octanol–water partition coefficient (Wildman–Crippen LogP) is 1.54. The van der Waals surface area contributed by atoms with Crippen LogP contribution in [0.15, 0.2) is 54.6 Å². The molecule has 2 aliphatic heterocycles. The van der Waals surface area contributed by atoms with Gasteiger partial charge in [-0.25, -0.2) is 4.79 Å². The van der Waals surface area contributed by atoms with Gasteiger partial charge in [-0.15, -0.1) is 0 Å². The second-order valence-electron chi connectivity index (χ2n) is 7.25. The van der Waals surface area contributed by atoms with Gasteiger partial charge in [0.25, 0.3) is 0 Å². The summed E-state index contributed by atoms with van der Waals surface area (Å²) >= 11 is 0. The maximum absolute atomic E-state index is 13.5. The number of anilines is 1. The van der Waals surface area contributed by atoms with Crippen LogP contribution in [0, 0.1) is 0 Å². The van der Waals surface area contributed by atoms with E-state index in [1.165, 1.54) is 7.11 Å². The molecule has 4 rings (SSSR count). The van der Waals surface area contributed by atoms with Crippen LogP contribution in [0.4, 0.5) is 5.69 Å². The number of benzene rings is 2. The molecule has 3 atom stereocenters. The van der Waals surface area contributed by atoms with Crippen LogP contribution >= 0.6 is 0 Å². The third-order valence-electron chi connectivity index (χ3n) is 5.91. The standard InChI is InChI=1S/C21H22N2O4/c1-23-16-11-7-6-10-15(16)21(18(23)25)12-20(13-24,19(26)27-2)22-17(21)14-8-4-3-5-9-14/h3-11,17,22,24H,12-13H2,1-2H3/t17-,20?,21+/m0/s1. The Morgan fingerprint density at radius 3 is 2.56 bits per heavy atom. The van der Waals surface area contributed by atoms with Gasteiger partial charge in [0, 0.05) is 12.7 Å². The molecule has 1 saturated heterocycles. The number of para-hydroxylation sites is 1. The molecule has 27 heavy (non-hydrogen) atoms. The van der Waals surface area contributed by atoms with Gasteiger partial charge in [0.2, 0.25) is 5.91 Å². The summed E-state index contributed by atoms with van der Waals surface area (Å²) in [6, 6.07) is 16.7. The van der Waals surface area contributed by atoms with Crippen LogP contribution in [-0.4, -0.2) is 43.3 Å². The molecule has 2 heterocycles.